The molecular formula is C19H23BrClNO3. The summed E-state index contributed by atoms with van der Waals surface area (Å²) in [7, 11) is 5.47. The van der Waals surface area contributed by atoms with Crippen LogP contribution in [0.3, 0.4) is 0 Å². The molecule has 0 aromatic heterocycles. The minimum absolute atomic E-state index is 0. The monoisotopic (exact) mass is 427 g/mol. The average molecular weight is 429 g/mol. The van der Waals surface area contributed by atoms with Gasteiger partial charge >= 0.3 is 5.97 Å². The van der Waals surface area contributed by atoms with Gasteiger partial charge in [0.15, 0.2) is 0 Å². The third-order valence-corrected chi connectivity index (χ3v) is 4.02. The molecule has 0 radical (unpaired) electrons. The van der Waals surface area contributed by atoms with Crippen molar-refractivity contribution in [2.75, 3.05) is 21.2 Å². The normalized spacial score (nSPS) is 10.4. The third-order valence-electron chi connectivity index (χ3n) is 3.53. The SMILES string of the molecule is COC(=O)c1cccc(COCc2ccc(Br)cc2CN(C)C)c1.Cl. The van der Waals surface area contributed by atoms with E-state index in [0.717, 1.165) is 22.1 Å². The summed E-state index contributed by atoms with van der Waals surface area (Å²) in [5.41, 5.74) is 3.88. The molecular weight excluding hydrogens is 406 g/mol. The van der Waals surface area contributed by atoms with Crippen LogP contribution in [0.25, 0.3) is 0 Å². The maximum atomic E-state index is 11.6. The number of hydrogen-bond donors (Lipinski definition) is 0. The zero-order valence-corrected chi connectivity index (χ0v) is 17.0. The Morgan fingerprint density at radius 3 is 2.52 bits per heavy atom. The van der Waals surface area contributed by atoms with E-state index in [0.29, 0.717) is 18.8 Å². The van der Waals surface area contributed by atoms with Crippen LogP contribution in [0.1, 0.15) is 27.0 Å². The van der Waals surface area contributed by atoms with Crippen molar-refractivity contribution in [3.8, 4) is 0 Å². The van der Waals surface area contributed by atoms with Crippen molar-refractivity contribution in [3.63, 3.8) is 0 Å². The Labute approximate surface area is 163 Å². The zero-order chi connectivity index (χ0) is 17.5. The van der Waals surface area contributed by atoms with Gasteiger partial charge in [0.05, 0.1) is 25.9 Å². The Bertz CT molecular complexity index is 707. The van der Waals surface area contributed by atoms with Crippen LogP contribution < -0.4 is 0 Å². The second-order valence-corrected chi connectivity index (χ2v) is 6.75. The van der Waals surface area contributed by atoms with E-state index in [-0.39, 0.29) is 18.4 Å². The standard InChI is InChI=1S/C19H22BrNO3.ClH/c1-21(2)11-17-10-18(20)8-7-16(17)13-24-12-14-5-4-6-15(9-14)19(22)23-3;/h4-10H,11-13H2,1-3H3;1H. The summed E-state index contributed by atoms with van der Waals surface area (Å²) in [4.78, 5) is 13.7. The number of carbonyl (C=O) groups is 1. The molecule has 0 aliphatic carbocycles. The summed E-state index contributed by atoms with van der Waals surface area (Å²) >= 11 is 3.52. The van der Waals surface area contributed by atoms with Crippen LogP contribution >= 0.6 is 28.3 Å². The molecule has 0 aliphatic heterocycles. The molecule has 6 heteroatoms. The van der Waals surface area contributed by atoms with Gasteiger partial charge in [0.1, 0.15) is 0 Å². The molecule has 0 unspecified atom stereocenters. The van der Waals surface area contributed by atoms with Gasteiger partial charge in [0.25, 0.3) is 0 Å². The first-order valence-electron chi connectivity index (χ1n) is 7.66. The van der Waals surface area contributed by atoms with Crippen molar-refractivity contribution >= 4 is 34.3 Å². The molecule has 0 spiro atoms. The van der Waals surface area contributed by atoms with E-state index in [9.17, 15) is 4.79 Å². The van der Waals surface area contributed by atoms with E-state index in [1.807, 2.05) is 32.3 Å². The predicted octanol–water partition coefficient (Wildman–Crippen LogP) is 4.44. The summed E-state index contributed by atoms with van der Waals surface area (Å²) in [6.07, 6.45) is 0. The van der Waals surface area contributed by atoms with Crippen molar-refractivity contribution in [1.82, 2.24) is 4.90 Å². The van der Waals surface area contributed by atoms with Crippen LogP contribution in [0, 0.1) is 0 Å². The Morgan fingerprint density at radius 1 is 1.08 bits per heavy atom. The summed E-state index contributed by atoms with van der Waals surface area (Å²) in [5, 5.41) is 0. The highest BCUT2D eigenvalue weighted by Gasteiger charge is 2.07. The summed E-state index contributed by atoms with van der Waals surface area (Å²) in [6, 6.07) is 13.5. The molecule has 2 rings (SSSR count). The van der Waals surface area contributed by atoms with Crippen LogP contribution in [-0.4, -0.2) is 32.1 Å². The number of esters is 1. The van der Waals surface area contributed by atoms with Gasteiger partial charge < -0.3 is 14.4 Å². The van der Waals surface area contributed by atoms with E-state index < -0.39 is 0 Å². The number of carbonyl (C=O) groups excluding carboxylic acids is 1. The molecule has 0 heterocycles. The van der Waals surface area contributed by atoms with Gasteiger partial charge in [0, 0.05) is 11.0 Å². The number of rotatable bonds is 7. The van der Waals surface area contributed by atoms with E-state index in [4.69, 9.17) is 9.47 Å². The van der Waals surface area contributed by atoms with E-state index in [1.54, 1.807) is 12.1 Å². The molecule has 0 saturated carbocycles. The van der Waals surface area contributed by atoms with Crippen molar-refractivity contribution in [2.24, 2.45) is 0 Å². The fraction of sp³-hybridized carbons (Fsp3) is 0.316. The lowest BCUT2D eigenvalue weighted by molar-refractivity contribution is 0.0600. The van der Waals surface area contributed by atoms with E-state index in [2.05, 4.69) is 33.0 Å². The summed E-state index contributed by atoms with van der Waals surface area (Å²) < 4.78 is 11.7. The maximum Gasteiger partial charge on any atom is 0.337 e. The Kier molecular flexibility index (Phi) is 9.14. The first-order chi connectivity index (χ1) is 11.5. The molecule has 2 aromatic rings. The lowest BCUT2D eigenvalue weighted by Crippen LogP contribution is -2.12. The molecule has 2 aromatic carbocycles. The van der Waals surface area contributed by atoms with Gasteiger partial charge in [-0.1, -0.05) is 34.1 Å². The van der Waals surface area contributed by atoms with E-state index in [1.165, 1.54) is 12.7 Å². The molecule has 0 bridgehead atoms. The minimum atomic E-state index is -0.335. The van der Waals surface area contributed by atoms with Gasteiger partial charge in [-0.25, -0.2) is 4.79 Å². The topological polar surface area (TPSA) is 38.8 Å². The largest absolute Gasteiger partial charge is 0.465 e. The zero-order valence-electron chi connectivity index (χ0n) is 14.6. The number of halogens is 2. The molecule has 0 N–H and O–H groups in total. The second kappa shape index (κ2) is 10.6. The van der Waals surface area contributed by atoms with Crippen molar-refractivity contribution in [1.29, 1.82) is 0 Å². The Morgan fingerprint density at radius 2 is 1.84 bits per heavy atom. The Hall–Kier alpha value is -1.40. The van der Waals surface area contributed by atoms with Crippen LogP contribution in [0.4, 0.5) is 0 Å². The Balaban J connectivity index is 0.00000312. The predicted molar refractivity (Wildman–Crippen MR) is 105 cm³/mol. The van der Waals surface area contributed by atoms with Crippen LogP contribution in [0.5, 0.6) is 0 Å². The fourth-order valence-corrected chi connectivity index (χ4v) is 2.82. The third kappa shape index (κ3) is 6.78. The summed E-state index contributed by atoms with van der Waals surface area (Å²) in [5.74, 6) is -0.335. The van der Waals surface area contributed by atoms with Gasteiger partial charge in [-0.05, 0) is 55.1 Å². The lowest BCUT2D eigenvalue weighted by atomic mass is 10.1. The molecule has 0 atom stereocenters. The van der Waals surface area contributed by atoms with Crippen LogP contribution in [0.15, 0.2) is 46.9 Å². The fourth-order valence-electron chi connectivity index (χ4n) is 2.41. The molecule has 0 fully saturated rings. The molecule has 0 amide bonds. The molecule has 0 aliphatic rings. The summed E-state index contributed by atoms with van der Waals surface area (Å²) in [6.45, 7) is 1.83. The van der Waals surface area contributed by atoms with Crippen molar-refractivity contribution < 1.29 is 14.3 Å². The van der Waals surface area contributed by atoms with Crippen molar-refractivity contribution in [3.05, 3.63) is 69.2 Å². The highest BCUT2D eigenvalue weighted by Crippen LogP contribution is 2.19. The van der Waals surface area contributed by atoms with Gasteiger partial charge in [-0.2, -0.15) is 0 Å². The smallest absolute Gasteiger partial charge is 0.337 e. The van der Waals surface area contributed by atoms with Crippen LogP contribution in [-0.2, 0) is 29.2 Å². The number of methoxy groups -OCH3 is 1. The number of ether oxygens (including phenoxy) is 2. The van der Waals surface area contributed by atoms with E-state index >= 15 is 0 Å². The molecule has 4 nitrogen and oxygen atoms in total. The van der Waals surface area contributed by atoms with Gasteiger partial charge in [0.2, 0.25) is 0 Å². The first kappa shape index (κ1) is 21.6. The van der Waals surface area contributed by atoms with Crippen molar-refractivity contribution in [2.45, 2.75) is 19.8 Å². The second-order valence-electron chi connectivity index (χ2n) is 5.84. The quantitative estimate of drug-likeness (QED) is 0.611. The van der Waals surface area contributed by atoms with Gasteiger partial charge in [-0.3, -0.25) is 0 Å². The molecule has 0 saturated heterocycles. The number of nitrogens with zero attached hydrogens (tertiary/aromatic N) is 1. The highest BCUT2D eigenvalue weighted by atomic mass is 79.9. The molecule has 25 heavy (non-hydrogen) atoms. The molecule has 136 valence electrons. The minimum Gasteiger partial charge on any atom is -0.465 e. The number of benzene rings is 2. The number of hydrogen-bond acceptors (Lipinski definition) is 4. The maximum absolute atomic E-state index is 11.6. The highest BCUT2D eigenvalue weighted by molar-refractivity contribution is 9.10. The average Bonchev–Trinajstić information content (AvgIpc) is 2.56. The first-order valence-corrected chi connectivity index (χ1v) is 8.46. The lowest BCUT2D eigenvalue weighted by Gasteiger charge is -2.15. The van der Waals surface area contributed by atoms with Crippen LogP contribution in [0.2, 0.25) is 0 Å². The van der Waals surface area contributed by atoms with Gasteiger partial charge in [-0.15, -0.1) is 12.4 Å².